The molecule has 1 heterocycles. The summed E-state index contributed by atoms with van der Waals surface area (Å²) in [6.45, 7) is 4.86. The van der Waals surface area contributed by atoms with E-state index in [0.717, 1.165) is 42.5 Å². The molecule has 0 aliphatic rings. The largest absolute Gasteiger partial charge is 0.368 e. The number of hydrogen-bond donors (Lipinski definition) is 1. The molecule has 0 atom stereocenters. The summed E-state index contributed by atoms with van der Waals surface area (Å²) >= 11 is 7.77. The van der Waals surface area contributed by atoms with Crippen LogP contribution in [0.4, 0.5) is 5.69 Å². The van der Waals surface area contributed by atoms with Crippen LogP contribution < -0.4 is 10.2 Å². The van der Waals surface area contributed by atoms with Crippen molar-refractivity contribution in [3.63, 3.8) is 0 Å². The maximum absolute atomic E-state index is 6.14. The molecule has 20 heavy (non-hydrogen) atoms. The highest BCUT2D eigenvalue weighted by molar-refractivity contribution is 7.07. The van der Waals surface area contributed by atoms with E-state index >= 15 is 0 Å². The van der Waals surface area contributed by atoms with Gasteiger partial charge < -0.3 is 10.2 Å². The SMILES string of the molecule is CCCNCc1ccc(Cl)cc1N(C)Cc1cscn1. The van der Waals surface area contributed by atoms with E-state index in [2.05, 4.69) is 40.6 Å². The van der Waals surface area contributed by atoms with Gasteiger partial charge in [-0.1, -0.05) is 24.6 Å². The van der Waals surface area contributed by atoms with E-state index in [1.165, 1.54) is 5.56 Å². The second-order valence-electron chi connectivity index (χ2n) is 4.79. The molecule has 0 unspecified atom stereocenters. The molecule has 0 aliphatic carbocycles. The number of hydrogen-bond acceptors (Lipinski definition) is 4. The van der Waals surface area contributed by atoms with Gasteiger partial charge in [0.25, 0.3) is 0 Å². The van der Waals surface area contributed by atoms with E-state index in [1.807, 2.05) is 17.6 Å². The Morgan fingerprint density at radius 2 is 2.25 bits per heavy atom. The minimum absolute atomic E-state index is 0.768. The van der Waals surface area contributed by atoms with Crippen LogP contribution >= 0.6 is 22.9 Å². The van der Waals surface area contributed by atoms with Crippen molar-refractivity contribution in [1.29, 1.82) is 0 Å². The van der Waals surface area contributed by atoms with Gasteiger partial charge in [-0.15, -0.1) is 11.3 Å². The lowest BCUT2D eigenvalue weighted by molar-refractivity contribution is 0.673. The molecule has 3 nitrogen and oxygen atoms in total. The van der Waals surface area contributed by atoms with Gasteiger partial charge in [-0.05, 0) is 30.7 Å². The average Bonchev–Trinajstić information content (AvgIpc) is 2.93. The standard InChI is InChI=1S/C15H20ClN3S/c1-3-6-17-8-12-4-5-13(16)7-15(12)19(2)9-14-10-20-11-18-14/h4-5,7,10-11,17H,3,6,8-9H2,1-2H3. The zero-order valence-corrected chi connectivity index (χ0v) is 13.5. The molecule has 1 N–H and O–H groups in total. The summed E-state index contributed by atoms with van der Waals surface area (Å²) < 4.78 is 0. The predicted octanol–water partition coefficient (Wildman–Crippen LogP) is 3.93. The molecule has 0 aliphatic heterocycles. The van der Waals surface area contributed by atoms with E-state index in [0.29, 0.717) is 0 Å². The Morgan fingerprint density at radius 3 is 2.95 bits per heavy atom. The summed E-state index contributed by atoms with van der Waals surface area (Å²) in [4.78, 5) is 6.54. The van der Waals surface area contributed by atoms with Crippen LogP contribution in [-0.2, 0) is 13.1 Å². The molecule has 5 heteroatoms. The molecule has 1 aromatic heterocycles. The highest BCUT2D eigenvalue weighted by Crippen LogP contribution is 2.25. The Bertz CT molecular complexity index is 528. The molecule has 108 valence electrons. The van der Waals surface area contributed by atoms with Crippen molar-refractivity contribution < 1.29 is 0 Å². The van der Waals surface area contributed by atoms with E-state index in [-0.39, 0.29) is 0 Å². The minimum Gasteiger partial charge on any atom is -0.368 e. The van der Waals surface area contributed by atoms with E-state index < -0.39 is 0 Å². The number of thiazole rings is 1. The van der Waals surface area contributed by atoms with Crippen LogP contribution in [0.25, 0.3) is 0 Å². The number of aromatic nitrogens is 1. The van der Waals surface area contributed by atoms with Gasteiger partial charge in [-0.2, -0.15) is 0 Å². The Morgan fingerprint density at radius 1 is 1.40 bits per heavy atom. The Hall–Kier alpha value is -1.10. The first-order chi connectivity index (χ1) is 9.70. The summed E-state index contributed by atoms with van der Waals surface area (Å²) in [6, 6.07) is 6.07. The second kappa shape index (κ2) is 7.62. The van der Waals surface area contributed by atoms with Gasteiger partial charge in [0.1, 0.15) is 0 Å². The highest BCUT2D eigenvalue weighted by atomic mass is 35.5. The van der Waals surface area contributed by atoms with Crippen LogP contribution in [0.1, 0.15) is 24.6 Å². The average molecular weight is 310 g/mol. The van der Waals surface area contributed by atoms with Crippen molar-refractivity contribution in [3.05, 3.63) is 45.4 Å². The van der Waals surface area contributed by atoms with Gasteiger partial charge in [-0.25, -0.2) is 4.98 Å². The van der Waals surface area contributed by atoms with Crippen LogP contribution in [0, 0.1) is 0 Å². The van der Waals surface area contributed by atoms with Crippen molar-refractivity contribution in [3.8, 4) is 0 Å². The second-order valence-corrected chi connectivity index (χ2v) is 5.94. The van der Waals surface area contributed by atoms with E-state index in [4.69, 9.17) is 11.6 Å². The van der Waals surface area contributed by atoms with Gasteiger partial charge in [0.2, 0.25) is 0 Å². The summed E-state index contributed by atoms with van der Waals surface area (Å²) in [5.41, 5.74) is 5.38. The normalized spacial score (nSPS) is 10.8. The summed E-state index contributed by atoms with van der Waals surface area (Å²) in [7, 11) is 2.08. The van der Waals surface area contributed by atoms with Gasteiger partial charge in [0.15, 0.2) is 0 Å². The zero-order valence-electron chi connectivity index (χ0n) is 11.9. The number of nitrogens with one attached hydrogen (secondary N) is 1. The van der Waals surface area contributed by atoms with Gasteiger partial charge in [-0.3, -0.25) is 0 Å². The minimum atomic E-state index is 0.768. The molecule has 1 aromatic carbocycles. The number of rotatable bonds is 7. The van der Waals surface area contributed by atoms with E-state index in [1.54, 1.807) is 11.3 Å². The lowest BCUT2D eigenvalue weighted by Gasteiger charge is -2.22. The van der Waals surface area contributed by atoms with Gasteiger partial charge >= 0.3 is 0 Å². The number of halogens is 1. The first kappa shape index (κ1) is 15.3. The summed E-state index contributed by atoms with van der Waals surface area (Å²) in [5, 5.41) is 6.29. The summed E-state index contributed by atoms with van der Waals surface area (Å²) in [5.74, 6) is 0. The topological polar surface area (TPSA) is 28.2 Å². The fourth-order valence-electron chi connectivity index (χ4n) is 2.09. The first-order valence-electron chi connectivity index (χ1n) is 6.78. The van der Waals surface area contributed by atoms with Crippen molar-refractivity contribution in [2.24, 2.45) is 0 Å². The summed E-state index contributed by atoms with van der Waals surface area (Å²) in [6.07, 6.45) is 1.14. The molecule has 0 fully saturated rings. The maximum atomic E-state index is 6.14. The molecule has 0 saturated carbocycles. The molecule has 2 aromatic rings. The van der Waals surface area contributed by atoms with Gasteiger partial charge in [0.05, 0.1) is 17.7 Å². The molecular weight excluding hydrogens is 290 g/mol. The molecule has 0 saturated heterocycles. The van der Waals surface area contributed by atoms with Crippen LogP contribution in [0.2, 0.25) is 5.02 Å². The fourth-order valence-corrected chi connectivity index (χ4v) is 2.80. The third kappa shape index (κ3) is 4.20. The molecule has 0 amide bonds. The molecule has 0 bridgehead atoms. The smallest absolute Gasteiger partial charge is 0.0795 e. The van der Waals surface area contributed by atoms with Crippen molar-refractivity contribution >= 4 is 28.6 Å². The maximum Gasteiger partial charge on any atom is 0.0795 e. The van der Waals surface area contributed by atoms with Crippen molar-refractivity contribution in [1.82, 2.24) is 10.3 Å². The lowest BCUT2D eigenvalue weighted by Crippen LogP contribution is -2.21. The molecule has 2 rings (SSSR count). The van der Waals surface area contributed by atoms with Crippen LogP contribution in [0.5, 0.6) is 0 Å². The Kier molecular flexibility index (Phi) is 5.83. The molecule has 0 spiro atoms. The number of anilines is 1. The van der Waals surface area contributed by atoms with Crippen LogP contribution in [-0.4, -0.2) is 18.6 Å². The third-order valence-electron chi connectivity index (χ3n) is 3.08. The van der Waals surface area contributed by atoms with Crippen molar-refractivity contribution in [2.45, 2.75) is 26.4 Å². The van der Waals surface area contributed by atoms with Crippen LogP contribution in [0.15, 0.2) is 29.1 Å². The number of nitrogens with zero attached hydrogens (tertiary/aromatic N) is 2. The number of benzene rings is 1. The van der Waals surface area contributed by atoms with E-state index in [9.17, 15) is 0 Å². The molecular formula is C15H20ClN3S. The molecule has 0 radical (unpaired) electrons. The van der Waals surface area contributed by atoms with Gasteiger partial charge in [0, 0.05) is 29.7 Å². The fraction of sp³-hybridized carbons (Fsp3) is 0.400. The quantitative estimate of drug-likeness (QED) is 0.785. The highest BCUT2D eigenvalue weighted by Gasteiger charge is 2.09. The third-order valence-corrected chi connectivity index (χ3v) is 3.95. The zero-order chi connectivity index (χ0) is 14.4. The van der Waals surface area contributed by atoms with Crippen LogP contribution in [0.3, 0.4) is 0 Å². The Balaban J connectivity index is 2.13. The van der Waals surface area contributed by atoms with Crippen molar-refractivity contribution in [2.75, 3.05) is 18.5 Å². The monoisotopic (exact) mass is 309 g/mol. The Labute approximate surface area is 129 Å². The first-order valence-corrected chi connectivity index (χ1v) is 8.10. The lowest BCUT2D eigenvalue weighted by atomic mass is 10.1. The predicted molar refractivity (Wildman–Crippen MR) is 87.7 cm³/mol.